The molecule has 1 aliphatic rings. The molecular weight excluding hydrogens is 274 g/mol. The molecule has 0 heterocycles. The van der Waals surface area contributed by atoms with E-state index < -0.39 is 11.9 Å². The lowest BCUT2D eigenvalue weighted by Crippen LogP contribution is -2.40. The van der Waals surface area contributed by atoms with Crippen LogP contribution in [-0.4, -0.2) is 42.1 Å². The first kappa shape index (κ1) is 17.3. The van der Waals surface area contributed by atoms with Gasteiger partial charge in [0.1, 0.15) is 0 Å². The molecule has 0 radical (unpaired) electrons. The van der Waals surface area contributed by atoms with Gasteiger partial charge in [0.25, 0.3) is 0 Å². The van der Waals surface area contributed by atoms with E-state index in [4.69, 9.17) is 5.11 Å². The Kier molecular flexibility index (Phi) is 7.56. The second kappa shape index (κ2) is 9.20. The highest BCUT2D eigenvalue weighted by Crippen LogP contribution is 2.18. The van der Waals surface area contributed by atoms with Gasteiger partial charge in [0, 0.05) is 25.6 Å². The molecule has 1 atom stereocenters. The highest BCUT2D eigenvalue weighted by molar-refractivity contribution is 5.77. The summed E-state index contributed by atoms with van der Waals surface area (Å²) in [6.45, 7) is 2.43. The summed E-state index contributed by atoms with van der Waals surface area (Å²) in [5.74, 6) is -1.42. The number of nitrogens with one attached hydrogen (secondary N) is 3. The molecule has 1 saturated carbocycles. The zero-order valence-corrected chi connectivity index (χ0v) is 12.5. The summed E-state index contributed by atoms with van der Waals surface area (Å²) in [5.41, 5.74) is 0. The van der Waals surface area contributed by atoms with Crippen LogP contribution in [0.15, 0.2) is 0 Å². The van der Waals surface area contributed by atoms with E-state index >= 15 is 0 Å². The van der Waals surface area contributed by atoms with Gasteiger partial charge in [-0.15, -0.1) is 0 Å². The Bertz CT molecular complexity index is 369. The minimum absolute atomic E-state index is 0.0218. The maximum absolute atomic E-state index is 11.5. The highest BCUT2D eigenvalue weighted by Gasteiger charge is 2.22. The first-order valence-corrected chi connectivity index (χ1v) is 7.56. The van der Waals surface area contributed by atoms with Gasteiger partial charge >= 0.3 is 12.0 Å². The average molecular weight is 299 g/mol. The van der Waals surface area contributed by atoms with Crippen LogP contribution in [0.25, 0.3) is 0 Å². The van der Waals surface area contributed by atoms with Crippen molar-refractivity contribution in [3.8, 4) is 0 Å². The molecule has 0 aromatic carbocycles. The van der Waals surface area contributed by atoms with Crippen molar-refractivity contribution in [3.63, 3.8) is 0 Å². The first-order chi connectivity index (χ1) is 10.0. The molecule has 7 heteroatoms. The fourth-order valence-corrected chi connectivity index (χ4v) is 1.92. The van der Waals surface area contributed by atoms with Crippen molar-refractivity contribution < 1.29 is 19.5 Å². The second-order valence-corrected chi connectivity index (χ2v) is 5.41. The number of hydrogen-bond donors (Lipinski definition) is 4. The Morgan fingerprint density at radius 1 is 1.24 bits per heavy atom. The van der Waals surface area contributed by atoms with Crippen molar-refractivity contribution in [3.05, 3.63) is 0 Å². The Labute approximate surface area is 124 Å². The molecule has 0 saturated heterocycles. The largest absolute Gasteiger partial charge is 0.481 e. The van der Waals surface area contributed by atoms with Crippen molar-refractivity contribution >= 4 is 17.9 Å². The number of aliphatic carboxylic acids is 1. The Balaban J connectivity index is 2.04. The topological polar surface area (TPSA) is 108 Å². The molecule has 0 aromatic heterocycles. The van der Waals surface area contributed by atoms with Gasteiger partial charge in [-0.2, -0.15) is 0 Å². The van der Waals surface area contributed by atoms with Gasteiger partial charge in [-0.05, 0) is 25.7 Å². The van der Waals surface area contributed by atoms with Gasteiger partial charge < -0.3 is 21.1 Å². The normalized spacial score (nSPS) is 15.1. The number of urea groups is 1. The number of carboxylic acid groups (broad SMARTS) is 1. The van der Waals surface area contributed by atoms with Gasteiger partial charge in [0.15, 0.2) is 0 Å². The summed E-state index contributed by atoms with van der Waals surface area (Å²) < 4.78 is 0. The highest BCUT2D eigenvalue weighted by atomic mass is 16.4. The number of carbonyl (C=O) groups is 3. The lowest BCUT2D eigenvalue weighted by atomic mass is 10.0. The number of hydrogen-bond acceptors (Lipinski definition) is 3. The molecule has 1 fully saturated rings. The molecule has 3 amide bonds. The zero-order valence-electron chi connectivity index (χ0n) is 12.5. The monoisotopic (exact) mass is 299 g/mol. The van der Waals surface area contributed by atoms with Crippen LogP contribution < -0.4 is 16.0 Å². The maximum atomic E-state index is 11.5. The fourth-order valence-electron chi connectivity index (χ4n) is 1.92. The third kappa shape index (κ3) is 8.16. The minimum Gasteiger partial charge on any atom is -0.481 e. The molecule has 1 rings (SSSR count). The van der Waals surface area contributed by atoms with Crippen molar-refractivity contribution in [1.82, 2.24) is 16.0 Å². The van der Waals surface area contributed by atoms with E-state index in [0.717, 1.165) is 19.3 Å². The average Bonchev–Trinajstić information content (AvgIpc) is 3.23. The minimum atomic E-state index is -0.895. The SMILES string of the molecule is CCCC(CNC(=O)NCCCC(=O)NC1CC1)C(=O)O. The molecule has 21 heavy (non-hydrogen) atoms. The number of rotatable bonds is 10. The van der Waals surface area contributed by atoms with Crippen molar-refractivity contribution in [1.29, 1.82) is 0 Å². The molecule has 1 aliphatic carbocycles. The second-order valence-electron chi connectivity index (χ2n) is 5.41. The standard InChI is InChI=1S/C14H25N3O4/c1-2-4-10(13(19)20)9-16-14(21)15-8-3-5-12(18)17-11-6-7-11/h10-11H,2-9H2,1H3,(H,17,18)(H,19,20)(H2,15,16,21). The molecule has 0 aliphatic heterocycles. The molecule has 0 bridgehead atoms. The molecule has 0 spiro atoms. The van der Waals surface area contributed by atoms with Crippen LogP contribution in [0.5, 0.6) is 0 Å². The summed E-state index contributed by atoms with van der Waals surface area (Å²) in [4.78, 5) is 33.8. The summed E-state index contributed by atoms with van der Waals surface area (Å²) in [7, 11) is 0. The smallest absolute Gasteiger partial charge is 0.314 e. The van der Waals surface area contributed by atoms with Crippen LogP contribution in [0.4, 0.5) is 4.79 Å². The summed E-state index contributed by atoms with van der Waals surface area (Å²) in [6, 6.07) is -0.0276. The van der Waals surface area contributed by atoms with Crippen LogP contribution in [0.2, 0.25) is 0 Å². The van der Waals surface area contributed by atoms with Gasteiger partial charge in [-0.3, -0.25) is 9.59 Å². The number of amides is 3. The molecule has 4 N–H and O–H groups in total. The summed E-state index contributed by atoms with van der Waals surface area (Å²) >= 11 is 0. The third-order valence-corrected chi connectivity index (χ3v) is 3.30. The zero-order chi connectivity index (χ0) is 15.7. The molecule has 120 valence electrons. The van der Waals surface area contributed by atoms with Gasteiger partial charge in [0.05, 0.1) is 5.92 Å². The van der Waals surface area contributed by atoms with Gasteiger partial charge in [0.2, 0.25) is 5.91 Å². The number of carbonyl (C=O) groups excluding carboxylic acids is 2. The fraction of sp³-hybridized carbons (Fsp3) is 0.786. The van der Waals surface area contributed by atoms with E-state index in [-0.39, 0.29) is 18.5 Å². The van der Waals surface area contributed by atoms with E-state index in [1.54, 1.807) is 0 Å². The lowest BCUT2D eigenvalue weighted by molar-refractivity contribution is -0.141. The quantitative estimate of drug-likeness (QED) is 0.448. The number of carboxylic acids is 1. The molecule has 1 unspecified atom stereocenters. The van der Waals surface area contributed by atoms with Crippen LogP contribution >= 0.6 is 0 Å². The molecule has 7 nitrogen and oxygen atoms in total. The Morgan fingerprint density at radius 2 is 1.95 bits per heavy atom. The van der Waals surface area contributed by atoms with E-state index in [1.807, 2.05) is 6.92 Å². The molecular formula is C14H25N3O4. The van der Waals surface area contributed by atoms with Crippen molar-refractivity contribution in [2.45, 2.75) is 51.5 Å². The van der Waals surface area contributed by atoms with Crippen LogP contribution in [0.1, 0.15) is 45.4 Å². The summed E-state index contributed by atoms with van der Waals surface area (Å²) in [5, 5.41) is 17.0. The van der Waals surface area contributed by atoms with Crippen LogP contribution in [0.3, 0.4) is 0 Å². The maximum Gasteiger partial charge on any atom is 0.314 e. The van der Waals surface area contributed by atoms with Crippen LogP contribution in [0, 0.1) is 5.92 Å². The van der Waals surface area contributed by atoms with E-state index in [2.05, 4.69) is 16.0 Å². The Hall–Kier alpha value is -1.79. The Morgan fingerprint density at radius 3 is 2.52 bits per heavy atom. The van der Waals surface area contributed by atoms with Crippen molar-refractivity contribution in [2.75, 3.05) is 13.1 Å². The van der Waals surface area contributed by atoms with Crippen LogP contribution in [-0.2, 0) is 9.59 Å². The van der Waals surface area contributed by atoms with E-state index in [0.29, 0.717) is 31.8 Å². The van der Waals surface area contributed by atoms with Gasteiger partial charge in [-0.25, -0.2) is 4.79 Å². The predicted octanol–water partition coefficient (Wildman–Crippen LogP) is 0.845. The van der Waals surface area contributed by atoms with Gasteiger partial charge in [-0.1, -0.05) is 13.3 Å². The van der Waals surface area contributed by atoms with E-state index in [1.165, 1.54) is 0 Å². The van der Waals surface area contributed by atoms with Crippen molar-refractivity contribution in [2.24, 2.45) is 5.92 Å². The first-order valence-electron chi connectivity index (χ1n) is 7.56. The van der Waals surface area contributed by atoms with E-state index in [9.17, 15) is 14.4 Å². The lowest BCUT2D eigenvalue weighted by Gasteiger charge is -2.13. The third-order valence-electron chi connectivity index (χ3n) is 3.30. The summed E-state index contributed by atoms with van der Waals surface area (Å²) in [6.07, 6.45) is 4.39. The molecule has 0 aromatic rings. The predicted molar refractivity (Wildman–Crippen MR) is 77.8 cm³/mol.